The van der Waals surface area contributed by atoms with Crippen molar-refractivity contribution in [3.63, 3.8) is 0 Å². The average molecular weight is 292 g/mol. The quantitative estimate of drug-likeness (QED) is 0.908. The molecule has 0 spiro atoms. The molecule has 6 heteroatoms. The van der Waals surface area contributed by atoms with Crippen LogP contribution in [-0.4, -0.2) is 42.0 Å². The molecule has 1 atom stereocenters. The van der Waals surface area contributed by atoms with Gasteiger partial charge in [-0.25, -0.2) is 8.42 Å². The topological polar surface area (TPSA) is 70.5 Å². The summed E-state index contributed by atoms with van der Waals surface area (Å²) in [6.07, 6.45) is 2.34. The highest BCUT2D eigenvalue weighted by atomic mass is 32.2. The summed E-state index contributed by atoms with van der Waals surface area (Å²) < 4.78 is 26.8. The van der Waals surface area contributed by atoms with Gasteiger partial charge in [0.25, 0.3) is 0 Å². The first-order chi connectivity index (χ1) is 9.59. The van der Waals surface area contributed by atoms with Crippen LogP contribution in [0.5, 0.6) is 0 Å². The maximum Gasteiger partial charge on any atom is 0.245 e. The molecular weight excluding hydrogens is 276 g/mol. The fraction of sp³-hybridized carbons (Fsp3) is 0.357. The van der Waals surface area contributed by atoms with E-state index in [-0.39, 0.29) is 11.4 Å². The molecule has 0 radical (unpaired) electrons. The third kappa shape index (κ3) is 2.30. The van der Waals surface area contributed by atoms with Gasteiger partial charge in [-0.05, 0) is 25.0 Å². The van der Waals surface area contributed by atoms with Crippen molar-refractivity contribution in [1.82, 2.24) is 9.29 Å². The number of benzene rings is 1. The Labute approximate surface area is 117 Å². The number of pyridine rings is 1. The fourth-order valence-corrected chi connectivity index (χ4v) is 4.24. The van der Waals surface area contributed by atoms with Gasteiger partial charge < -0.3 is 5.11 Å². The number of aliphatic hydroxyl groups is 1. The monoisotopic (exact) mass is 292 g/mol. The molecule has 5 nitrogen and oxygen atoms in total. The molecule has 2 heterocycles. The molecule has 1 aliphatic heterocycles. The third-order valence-corrected chi connectivity index (χ3v) is 5.47. The van der Waals surface area contributed by atoms with E-state index in [0.717, 1.165) is 5.39 Å². The van der Waals surface area contributed by atoms with Crippen molar-refractivity contribution >= 4 is 20.9 Å². The normalized spacial score (nSPS) is 21.1. The first-order valence-corrected chi connectivity index (χ1v) is 8.05. The molecule has 1 N–H and O–H groups in total. The molecule has 2 aromatic rings. The van der Waals surface area contributed by atoms with E-state index in [1.807, 2.05) is 12.1 Å². The second kappa shape index (κ2) is 5.12. The SMILES string of the molecule is O=S(=O)(c1cccc2cccnc12)N1CCCC(O)C1. The van der Waals surface area contributed by atoms with E-state index in [9.17, 15) is 13.5 Å². The van der Waals surface area contributed by atoms with E-state index in [2.05, 4.69) is 4.98 Å². The summed E-state index contributed by atoms with van der Waals surface area (Å²) >= 11 is 0. The van der Waals surface area contributed by atoms with Crippen molar-refractivity contribution in [3.8, 4) is 0 Å². The molecule has 1 aromatic carbocycles. The molecule has 0 aliphatic carbocycles. The van der Waals surface area contributed by atoms with Gasteiger partial charge in [-0.1, -0.05) is 18.2 Å². The van der Waals surface area contributed by atoms with Gasteiger partial charge in [0.15, 0.2) is 0 Å². The number of rotatable bonds is 2. The molecule has 1 saturated heterocycles. The number of hydrogen-bond acceptors (Lipinski definition) is 4. The van der Waals surface area contributed by atoms with Crippen molar-refractivity contribution < 1.29 is 13.5 Å². The maximum atomic E-state index is 12.7. The smallest absolute Gasteiger partial charge is 0.245 e. The Bertz CT molecular complexity index is 725. The summed E-state index contributed by atoms with van der Waals surface area (Å²) in [4.78, 5) is 4.41. The summed E-state index contributed by atoms with van der Waals surface area (Å²) in [5.74, 6) is 0. The van der Waals surface area contributed by atoms with E-state index >= 15 is 0 Å². The van der Waals surface area contributed by atoms with Crippen LogP contribution in [0.1, 0.15) is 12.8 Å². The number of β-amino-alcohol motifs (C(OH)–C–C–N with tert-alkyl or cyclic N) is 1. The summed E-state index contributed by atoms with van der Waals surface area (Å²) in [5, 5.41) is 10.5. The molecular formula is C14H16N2O3S. The van der Waals surface area contributed by atoms with Crippen LogP contribution in [-0.2, 0) is 10.0 Å². The highest BCUT2D eigenvalue weighted by Crippen LogP contribution is 2.26. The maximum absolute atomic E-state index is 12.7. The third-order valence-electron chi connectivity index (χ3n) is 3.57. The van der Waals surface area contributed by atoms with Gasteiger partial charge in [-0.3, -0.25) is 4.98 Å². The second-order valence-corrected chi connectivity index (χ2v) is 6.90. The molecule has 1 aliphatic rings. The van der Waals surface area contributed by atoms with Crippen LogP contribution in [0.4, 0.5) is 0 Å². The molecule has 106 valence electrons. The first kappa shape index (κ1) is 13.5. The molecule has 0 amide bonds. The fourth-order valence-electron chi connectivity index (χ4n) is 2.56. The van der Waals surface area contributed by atoms with Crippen LogP contribution in [0.2, 0.25) is 0 Å². The Morgan fingerprint density at radius 1 is 1.25 bits per heavy atom. The zero-order valence-corrected chi connectivity index (χ0v) is 11.8. The summed E-state index contributed by atoms with van der Waals surface area (Å²) in [6.45, 7) is 0.605. The number of aliphatic hydroxyl groups excluding tert-OH is 1. The van der Waals surface area contributed by atoms with Crippen LogP contribution in [0.3, 0.4) is 0 Å². The lowest BCUT2D eigenvalue weighted by molar-refractivity contribution is 0.108. The van der Waals surface area contributed by atoms with Crippen LogP contribution in [0, 0.1) is 0 Å². The van der Waals surface area contributed by atoms with Crippen molar-refractivity contribution in [2.75, 3.05) is 13.1 Å². The predicted molar refractivity (Wildman–Crippen MR) is 75.7 cm³/mol. The van der Waals surface area contributed by atoms with Gasteiger partial charge in [0, 0.05) is 24.7 Å². The Hall–Kier alpha value is -1.50. The second-order valence-electron chi connectivity index (χ2n) is 4.99. The number of nitrogens with zero attached hydrogens (tertiary/aromatic N) is 2. The summed E-state index contributed by atoms with van der Waals surface area (Å²) in [5.41, 5.74) is 0.482. The predicted octanol–water partition coefficient (Wildman–Crippen LogP) is 1.38. The Morgan fingerprint density at radius 3 is 2.85 bits per heavy atom. The molecule has 3 rings (SSSR count). The van der Waals surface area contributed by atoms with Gasteiger partial charge in [0.05, 0.1) is 11.6 Å². The van der Waals surface area contributed by atoms with E-state index in [4.69, 9.17) is 0 Å². The van der Waals surface area contributed by atoms with Gasteiger partial charge in [-0.15, -0.1) is 0 Å². The highest BCUT2D eigenvalue weighted by molar-refractivity contribution is 7.89. The molecule has 0 saturated carbocycles. The molecule has 0 bridgehead atoms. The molecule has 20 heavy (non-hydrogen) atoms. The highest BCUT2D eigenvalue weighted by Gasteiger charge is 2.30. The number of para-hydroxylation sites is 1. The van der Waals surface area contributed by atoms with E-state index < -0.39 is 16.1 Å². The average Bonchev–Trinajstić information content (AvgIpc) is 2.46. The van der Waals surface area contributed by atoms with Gasteiger partial charge >= 0.3 is 0 Å². The molecule has 1 aromatic heterocycles. The van der Waals surface area contributed by atoms with Crippen molar-refractivity contribution in [3.05, 3.63) is 36.5 Å². The largest absolute Gasteiger partial charge is 0.392 e. The standard InChI is InChI=1S/C14H16N2O3S/c17-12-6-3-9-16(10-12)20(18,19)13-7-1-4-11-5-2-8-15-14(11)13/h1-2,4-5,7-8,12,17H,3,6,9-10H2. The Kier molecular flexibility index (Phi) is 3.45. The number of fused-ring (bicyclic) bond motifs is 1. The number of piperidine rings is 1. The molecule has 1 fully saturated rings. The van der Waals surface area contributed by atoms with Crippen molar-refractivity contribution in [2.45, 2.75) is 23.8 Å². The van der Waals surface area contributed by atoms with Crippen molar-refractivity contribution in [1.29, 1.82) is 0 Å². The van der Waals surface area contributed by atoms with E-state index in [0.29, 0.717) is 24.9 Å². The van der Waals surface area contributed by atoms with Gasteiger partial charge in [0.1, 0.15) is 4.90 Å². The lowest BCUT2D eigenvalue weighted by atomic mass is 10.1. The van der Waals surface area contributed by atoms with Crippen LogP contribution < -0.4 is 0 Å². The van der Waals surface area contributed by atoms with E-state index in [1.165, 1.54) is 4.31 Å². The van der Waals surface area contributed by atoms with E-state index in [1.54, 1.807) is 24.4 Å². The zero-order chi connectivity index (χ0) is 14.2. The first-order valence-electron chi connectivity index (χ1n) is 6.61. The minimum Gasteiger partial charge on any atom is -0.392 e. The number of hydrogen-bond donors (Lipinski definition) is 1. The van der Waals surface area contributed by atoms with Gasteiger partial charge in [-0.2, -0.15) is 4.31 Å². The zero-order valence-electron chi connectivity index (χ0n) is 10.9. The van der Waals surface area contributed by atoms with Crippen LogP contribution in [0.25, 0.3) is 10.9 Å². The lowest BCUT2D eigenvalue weighted by Crippen LogP contribution is -2.42. The lowest BCUT2D eigenvalue weighted by Gasteiger charge is -2.29. The van der Waals surface area contributed by atoms with Crippen LogP contribution >= 0.6 is 0 Å². The minimum atomic E-state index is -3.61. The Morgan fingerprint density at radius 2 is 2.05 bits per heavy atom. The summed E-state index contributed by atoms with van der Waals surface area (Å²) in [6, 6.07) is 8.76. The van der Waals surface area contributed by atoms with Crippen molar-refractivity contribution in [2.24, 2.45) is 0 Å². The minimum absolute atomic E-state index is 0.158. The number of aromatic nitrogens is 1. The van der Waals surface area contributed by atoms with Gasteiger partial charge in [0.2, 0.25) is 10.0 Å². The number of sulfonamides is 1. The van der Waals surface area contributed by atoms with Crippen LogP contribution in [0.15, 0.2) is 41.4 Å². The Balaban J connectivity index is 2.09. The summed E-state index contributed by atoms with van der Waals surface area (Å²) in [7, 11) is -3.61. The molecule has 1 unspecified atom stereocenters.